The number of carbonyl (C=O) groups excluding carboxylic acids is 1. The van der Waals surface area contributed by atoms with Gasteiger partial charge in [-0.15, -0.1) is 0 Å². The molecule has 0 aliphatic carbocycles. The Hall–Kier alpha value is -3.85. The summed E-state index contributed by atoms with van der Waals surface area (Å²) < 4.78 is 1.85. The number of thioether (sulfide) groups is 1. The molecule has 0 bridgehead atoms. The Balaban J connectivity index is 1.69. The van der Waals surface area contributed by atoms with Gasteiger partial charge < -0.3 is 15.0 Å². The van der Waals surface area contributed by atoms with Gasteiger partial charge in [-0.05, 0) is 54.2 Å². The molecule has 1 fully saturated rings. The van der Waals surface area contributed by atoms with Crippen LogP contribution in [0.15, 0.2) is 76.8 Å². The molecule has 9 heteroatoms. The molecule has 2 aromatic carbocycles. The molecule has 144 valence electrons. The topological polar surface area (TPSA) is 110 Å². The van der Waals surface area contributed by atoms with Crippen molar-refractivity contribution in [2.75, 3.05) is 0 Å². The number of nitro benzene ring substituents is 1. The lowest BCUT2D eigenvalue weighted by atomic mass is 10.2. The maximum absolute atomic E-state index is 11.9. The van der Waals surface area contributed by atoms with Crippen LogP contribution in [0.25, 0.3) is 11.8 Å². The number of hydrogen-bond acceptors (Lipinski definition) is 6. The highest BCUT2D eigenvalue weighted by Crippen LogP contribution is 2.30. The number of nitrogens with zero attached hydrogens (tertiary/aromatic N) is 3. The van der Waals surface area contributed by atoms with Gasteiger partial charge in [-0.1, -0.05) is 6.07 Å². The van der Waals surface area contributed by atoms with Crippen LogP contribution in [-0.2, 0) is 0 Å². The van der Waals surface area contributed by atoms with E-state index in [1.807, 2.05) is 29.0 Å². The molecule has 1 aromatic heterocycles. The molecule has 0 atom stereocenters. The average molecular weight is 406 g/mol. The van der Waals surface area contributed by atoms with Crippen LogP contribution >= 0.6 is 11.8 Å². The van der Waals surface area contributed by atoms with Gasteiger partial charge in [0.05, 0.1) is 15.5 Å². The molecule has 1 saturated heterocycles. The fraction of sp³-hybridized carbons (Fsp3) is 0. The highest BCUT2D eigenvalue weighted by atomic mass is 32.2. The van der Waals surface area contributed by atoms with E-state index in [2.05, 4.69) is 10.3 Å². The number of aromatic nitrogens is 1. The highest BCUT2D eigenvalue weighted by molar-refractivity contribution is 8.18. The molecule has 1 amide bonds. The Labute approximate surface area is 169 Å². The van der Waals surface area contributed by atoms with Gasteiger partial charge in [0.2, 0.25) is 0 Å². The van der Waals surface area contributed by atoms with Crippen molar-refractivity contribution in [2.45, 2.75) is 0 Å². The number of nitrogens with one attached hydrogen (secondary N) is 1. The minimum Gasteiger partial charge on any atom is -0.508 e. The maximum Gasteiger partial charge on any atom is 0.289 e. The SMILES string of the molecule is O=C1NC(=Nc2cccc(O)c2)/C(=C/c2cccn2-c2ccc([N+](=O)[O-])cc2)S1. The summed E-state index contributed by atoms with van der Waals surface area (Å²) in [6, 6.07) is 16.3. The summed E-state index contributed by atoms with van der Waals surface area (Å²) in [5, 5.41) is 22.9. The minimum atomic E-state index is -0.446. The normalized spacial score (nSPS) is 16.3. The summed E-state index contributed by atoms with van der Waals surface area (Å²) in [4.78, 5) is 27.4. The molecular weight excluding hydrogens is 392 g/mol. The number of carbonyl (C=O) groups is 1. The fourth-order valence-corrected chi connectivity index (χ4v) is 3.54. The number of aromatic hydroxyl groups is 1. The molecule has 0 radical (unpaired) electrons. The molecule has 29 heavy (non-hydrogen) atoms. The predicted octanol–water partition coefficient (Wildman–Crippen LogP) is 4.62. The second kappa shape index (κ2) is 7.64. The summed E-state index contributed by atoms with van der Waals surface area (Å²) in [6.45, 7) is 0. The Bertz CT molecular complexity index is 1170. The number of nitro groups is 1. The average Bonchev–Trinajstić information content (AvgIpc) is 3.28. The van der Waals surface area contributed by atoms with E-state index in [-0.39, 0.29) is 16.7 Å². The first-order chi connectivity index (χ1) is 14.0. The molecule has 2 N–H and O–H groups in total. The lowest BCUT2D eigenvalue weighted by molar-refractivity contribution is -0.384. The Morgan fingerprint density at radius 3 is 2.66 bits per heavy atom. The van der Waals surface area contributed by atoms with Crippen molar-refractivity contribution in [3.63, 3.8) is 0 Å². The first kappa shape index (κ1) is 18.5. The molecular formula is C20H14N4O4S. The molecule has 0 unspecified atom stereocenters. The third-order valence-electron chi connectivity index (χ3n) is 4.13. The van der Waals surface area contributed by atoms with Gasteiger partial charge in [-0.25, -0.2) is 4.99 Å². The second-order valence-electron chi connectivity index (χ2n) is 6.08. The number of benzene rings is 2. The van der Waals surface area contributed by atoms with Crippen LogP contribution in [0, 0.1) is 10.1 Å². The molecule has 1 aliphatic rings. The van der Waals surface area contributed by atoms with Crippen molar-refractivity contribution >= 4 is 40.3 Å². The van der Waals surface area contributed by atoms with E-state index in [0.717, 1.165) is 23.1 Å². The van der Waals surface area contributed by atoms with Crippen molar-refractivity contribution < 1.29 is 14.8 Å². The second-order valence-corrected chi connectivity index (χ2v) is 7.09. The highest BCUT2D eigenvalue weighted by Gasteiger charge is 2.24. The summed E-state index contributed by atoms with van der Waals surface area (Å²) in [7, 11) is 0. The fourth-order valence-electron chi connectivity index (χ4n) is 2.82. The van der Waals surface area contributed by atoms with Gasteiger partial charge in [0.25, 0.3) is 10.9 Å². The van der Waals surface area contributed by atoms with E-state index in [1.165, 1.54) is 18.2 Å². The number of amidine groups is 1. The maximum atomic E-state index is 11.9. The van der Waals surface area contributed by atoms with Crippen LogP contribution < -0.4 is 5.32 Å². The molecule has 0 saturated carbocycles. The zero-order valence-electron chi connectivity index (χ0n) is 14.9. The van der Waals surface area contributed by atoms with E-state index >= 15 is 0 Å². The summed E-state index contributed by atoms with van der Waals surface area (Å²) >= 11 is 1.02. The lowest BCUT2D eigenvalue weighted by Crippen LogP contribution is -2.18. The zero-order chi connectivity index (χ0) is 20.4. The first-order valence-corrected chi connectivity index (χ1v) is 9.32. The lowest BCUT2D eigenvalue weighted by Gasteiger charge is -2.07. The molecule has 4 rings (SSSR count). The Morgan fingerprint density at radius 1 is 1.14 bits per heavy atom. The number of phenols is 1. The summed E-state index contributed by atoms with van der Waals surface area (Å²) in [6.07, 6.45) is 3.64. The minimum absolute atomic E-state index is 0.0162. The number of hydrogen-bond donors (Lipinski definition) is 2. The molecule has 0 spiro atoms. The summed E-state index contributed by atoms with van der Waals surface area (Å²) in [5.41, 5.74) is 2.06. The molecule has 2 heterocycles. The van der Waals surface area contributed by atoms with Crippen LogP contribution in [0.1, 0.15) is 5.69 Å². The van der Waals surface area contributed by atoms with E-state index < -0.39 is 4.92 Å². The third-order valence-corrected chi connectivity index (χ3v) is 4.94. The number of aliphatic imine (C=N–C) groups is 1. The molecule has 8 nitrogen and oxygen atoms in total. The van der Waals surface area contributed by atoms with Crippen LogP contribution in [0.5, 0.6) is 5.75 Å². The number of amides is 1. The van der Waals surface area contributed by atoms with Gasteiger partial charge >= 0.3 is 0 Å². The smallest absolute Gasteiger partial charge is 0.289 e. The number of rotatable bonds is 4. The molecule has 3 aromatic rings. The zero-order valence-corrected chi connectivity index (χ0v) is 15.7. The van der Waals surface area contributed by atoms with Crippen molar-refractivity contribution in [1.82, 2.24) is 9.88 Å². The Kier molecular flexibility index (Phi) is 4.88. The monoisotopic (exact) mass is 406 g/mol. The van der Waals surface area contributed by atoms with Gasteiger partial charge in [0.15, 0.2) is 0 Å². The van der Waals surface area contributed by atoms with E-state index in [9.17, 15) is 20.0 Å². The van der Waals surface area contributed by atoms with Gasteiger partial charge in [0.1, 0.15) is 11.6 Å². The van der Waals surface area contributed by atoms with E-state index in [4.69, 9.17) is 0 Å². The van der Waals surface area contributed by atoms with Crippen molar-refractivity contribution in [2.24, 2.45) is 4.99 Å². The Morgan fingerprint density at radius 2 is 1.93 bits per heavy atom. The quantitative estimate of drug-likeness (QED) is 0.485. The van der Waals surface area contributed by atoms with Crippen LogP contribution in [0.3, 0.4) is 0 Å². The summed E-state index contributed by atoms with van der Waals surface area (Å²) in [5.74, 6) is 0.475. The predicted molar refractivity (Wildman–Crippen MR) is 112 cm³/mol. The number of non-ortho nitro benzene ring substituents is 1. The molecule has 1 aliphatic heterocycles. The van der Waals surface area contributed by atoms with E-state index in [0.29, 0.717) is 16.4 Å². The number of phenolic OH excluding ortho intramolecular Hbond substituents is 1. The van der Waals surface area contributed by atoms with Crippen LogP contribution in [0.4, 0.5) is 16.2 Å². The van der Waals surface area contributed by atoms with E-state index in [1.54, 1.807) is 30.3 Å². The van der Waals surface area contributed by atoms with Crippen molar-refractivity contribution in [1.29, 1.82) is 0 Å². The van der Waals surface area contributed by atoms with Crippen molar-refractivity contribution in [3.8, 4) is 11.4 Å². The third kappa shape index (κ3) is 4.04. The first-order valence-electron chi connectivity index (χ1n) is 8.50. The van der Waals surface area contributed by atoms with Crippen LogP contribution in [0.2, 0.25) is 0 Å². The van der Waals surface area contributed by atoms with Crippen molar-refractivity contribution in [3.05, 3.63) is 87.6 Å². The van der Waals surface area contributed by atoms with Crippen LogP contribution in [-0.4, -0.2) is 25.7 Å². The van der Waals surface area contributed by atoms with Gasteiger partial charge in [-0.3, -0.25) is 14.9 Å². The standard InChI is InChI=1S/C20H14N4O4S/c25-17-5-1-3-13(11-17)21-19-18(29-20(26)22-19)12-16-4-2-10-23(16)14-6-8-15(9-7-14)24(27)28/h1-12,25H,(H,21,22,26)/b18-12-. The van der Waals surface area contributed by atoms with Gasteiger partial charge in [-0.2, -0.15) is 0 Å². The largest absolute Gasteiger partial charge is 0.508 e. The van der Waals surface area contributed by atoms with Gasteiger partial charge in [0, 0.05) is 35.8 Å².